The molecular formula is C20H10N4O8. The summed E-state index contributed by atoms with van der Waals surface area (Å²) >= 11 is 0. The average molecular weight is 434 g/mol. The van der Waals surface area contributed by atoms with Crippen LogP contribution in [-0.4, -0.2) is 19.7 Å². The van der Waals surface area contributed by atoms with Gasteiger partial charge < -0.3 is 0 Å². The molecule has 12 heteroatoms. The van der Waals surface area contributed by atoms with Gasteiger partial charge in [0.15, 0.2) is 0 Å². The maximum atomic E-state index is 11.7. The Balaban J connectivity index is 2.11. The Labute approximate surface area is 177 Å². The average Bonchev–Trinajstić information content (AvgIpc) is 3.06. The van der Waals surface area contributed by atoms with Crippen LogP contribution < -0.4 is 0 Å². The van der Waals surface area contributed by atoms with Gasteiger partial charge in [-0.15, -0.1) is 0 Å². The van der Waals surface area contributed by atoms with Crippen molar-refractivity contribution in [3.8, 4) is 11.1 Å². The van der Waals surface area contributed by atoms with E-state index in [-0.39, 0.29) is 44.8 Å². The minimum atomic E-state index is -0.790. The summed E-state index contributed by atoms with van der Waals surface area (Å²) in [6.07, 6.45) is 1.35. The number of hydrogen-bond acceptors (Lipinski definition) is 8. The zero-order valence-electron chi connectivity index (χ0n) is 15.8. The van der Waals surface area contributed by atoms with Crippen molar-refractivity contribution in [1.82, 2.24) is 0 Å². The van der Waals surface area contributed by atoms with Gasteiger partial charge in [0.1, 0.15) is 0 Å². The maximum Gasteiger partial charge on any atom is 0.284 e. The van der Waals surface area contributed by atoms with Gasteiger partial charge in [0.05, 0.1) is 36.9 Å². The molecule has 12 nitrogen and oxygen atoms in total. The Morgan fingerprint density at radius 1 is 0.594 bits per heavy atom. The van der Waals surface area contributed by atoms with Gasteiger partial charge in [-0.25, -0.2) is 0 Å². The van der Waals surface area contributed by atoms with Gasteiger partial charge >= 0.3 is 0 Å². The normalized spacial score (nSPS) is 12.8. The van der Waals surface area contributed by atoms with Crippen molar-refractivity contribution in [2.45, 2.75) is 0 Å². The number of nitro groups is 4. The molecule has 0 N–H and O–H groups in total. The Bertz CT molecular complexity index is 1400. The topological polar surface area (TPSA) is 173 Å². The molecule has 0 heterocycles. The lowest BCUT2D eigenvalue weighted by Gasteiger charge is -2.05. The lowest BCUT2D eigenvalue weighted by atomic mass is 9.99. The first kappa shape index (κ1) is 20.3. The van der Waals surface area contributed by atoms with Crippen molar-refractivity contribution < 1.29 is 19.7 Å². The van der Waals surface area contributed by atoms with Gasteiger partial charge in [0.25, 0.3) is 22.7 Å². The summed E-state index contributed by atoms with van der Waals surface area (Å²) in [7, 11) is 0. The highest BCUT2D eigenvalue weighted by molar-refractivity contribution is 6.10. The molecule has 4 rings (SSSR count). The molecule has 0 spiro atoms. The maximum absolute atomic E-state index is 11.7. The van der Waals surface area contributed by atoms with Crippen LogP contribution in [0.3, 0.4) is 0 Å². The summed E-state index contributed by atoms with van der Waals surface area (Å²) in [6.45, 7) is 0. The van der Waals surface area contributed by atoms with Gasteiger partial charge in [-0.3, -0.25) is 40.5 Å². The molecule has 0 bridgehead atoms. The van der Waals surface area contributed by atoms with E-state index in [1.165, 1.54) is 42.5 Å². The molecule has 32 heavy (non-hydrogen) atoms. The van der Waals surface area contributed by atoms with Crippen molar-refractivity contribution in [2.24, 2.45) is 0 Å². The number of fused-ring (bicyclic) bond motifs is 3. The lowest BCUT2D eigenvalue weighted by Crippen LogP contribution is -1.96. The van der Waals surface area contributed by atoms with Crippen LogP contribution in [0.15, 0.2) is 54.6 Å². The summed E-state index contributed by atoms with van der Waals surface area (Å²) in [5, 5.41) is 45.8. The van der Waals surface area contributed by atoms with E-state index < -0.39 is 31.1 Å². The van der Waals surface area contributed by atoms with Crippen LogP contribution in [0.25, 0.3) is 22.8 Å². The highest BCUT2D eigenvalue weighted by atomic mass is 16.6. The number of hydrogen-bond donors (Lipinski definition) is 0. The Kier molecular flexibility index (Phi) is 4.66. The fourth-order valence-corrected chi connectivity index (χ4v) is 3.68. The molecule has 0 atom stereocenters. The quantitative estimate of drug-likeness (QED) is 0.315. The third kappa shape index (κ3) is 3.21. The highest BCUT2D eigenvalue weighted by Crippen LogP contribution is 2.51. The van der Waals surface area contributed by atoms with Gasteiger partial charge in [0.2, 0.25) is 0 Å². The second-order valence-corrected chi connectivity index (χ2v) is 6.76. The van der Waals surface area contributed by atoms with E-state index in [0.717, 1.165) is 12.1 Å². The van der Waals surface area contributed by atoms with Crippen molar-refractivity contribution in [3.63, 3.8) is 0 Å². The first-order valence-electron chi connectivity index (χ1n) is 8.90. The third-order valence-electron chi connectivity index (χ3n) is 5.01. The molecule has 0 unspecified atom stereocenters. The molecule has 0 saturated carbocycles. The number of rotatable bonds is 5. The van der Waals surface area contributed by atoms with E-state index in [9.17, 15) is 40.5 Å². The number of nitro benzene ring substituents is 4. The monoisotopic (exact) mass is 434 g/mol. The van der Waals surface area contributed by atoms with Crippen molar-refractivity contribution in [1.29, 1.82) is 0 Å². The van der Waals surface area contributed by atoms with Crippen LogP contribution >= 0.6 is 0 Å². The number of benzene rings is 3. The lowest BCUT2D eigenvalue weighted by molar-refractivity contribution is -0.393. The SMILES string of the molecule is O=[N+]([O-])c1ccc2c(c1)C(=Cc1ccccc1[N+](=O)[O-])c1cc([N+](=O)[O-])cc([N+](=O)[O-])c1-2. The van der Waals surface area contributed by atoms with Gasteiger partial charge in [-0.05, 0) is 34.9 Å². The van der Waals surface area contributed by atoms with E-state index in [1.54, 1.807) is 6.07 Å². The fraction of sp³-hybridized carbons (Fsp3) is 0. The molecule has 0 radical (unpaired) electrons. The standard InChI is InChI=1S/C20H10N4O8/c25-21(26)12-5-6-14-16(8-12)15(7-11-3-1-2-4-18(11)23(29)30)17-9-13(22(27)28)10-19(20(14)17)24(31)32/h1-10H. The first-order valence-corrected chi connectivity index (χ1v) is 8.90. The summed E-state index contributed by atoms with van der Waals surface area (Å²) in [5.74, 6) is 0. The minimum Gasteiger partial charge on any atom is -0.258 e. The van der Waals surface area contributed by atoms with Gasteiger partial charge in [0, 0.05) is 29.8 Å². The van der Waals surface area contributed by atoms with E-state index in [0.29, 0.717) is 0 Å². The second-order valence-electron chi connectivity index (χ2n) is 6.76. The summed E-state index contributed by atoms with van der Waals surface area (Å²) in [5.41, 5.74) is -0.765. The first-order chi connectivity index (χ1) is 15.2. The van der Waals surface area contributed by atoms with E-state index in [4.69, 9.17) is 0 Å². The summed E-state index contributed by atoms with van der Waals surface area (Å²) in [4.78, 5) is 43.0. The molecule has 1 aliphatic rings. The van der Waals surface area contributed by atoms with E-state index >= 15 is 0 Å². The third-order valence-corrected chi connectivity index (χ3v) is 5.01. The Morgan fingerprint density at radius 3 is 1.84 bits per heavy atom. The molecule has 0 amide bonds. The molecule has 158 valence electrons. The Hall–Kier alpha value is -5.00. The molecule has 0 aliphatic heterocycles. The van der Waals surface area contributed by atoms with Crippen molar-refractivity contribution in [3.05, 3.63) is 112 Å². The zero-order valence-corrected chi connectivity index (χ0v) is 15.8. The molecule has 3 aromatic rings. The molecule has 0 aromatic heterocycles. The minimum absolute atomic E-state index is 0.0512. The predicted octanol–water partition coefficient (Wildman–Crippen LogP) is 4.89. The van der Waals surface area contributed by atoms with Crippen LogP contribution in [0.2, 0.25) is 0 Å². The fourth-order valence-electron chi connectivity index (χ4n) is 3.68. The second kappa shape index (κ2) is 7.36. The molecule has 0 saturated heterocycles. The van der Waals surface area contributed by atoms with E-state index in [2.05, 4.69) is 0 Å². The largest absolute Gasteiger partial charge is 0.284 e. The number of nitrogens with zero attached hydrogens (tertiary/aromatic N) is 4. The molecule has 0 fully saturated rings. The van der Waals surface area contributed by atoms with Gasteiger partial charge in [-0.2, -0.15) is 0 Å². The van der Waals surface area contributed by atoms with Crippen LogP contribution in [0.1, 0.15) is 16.7 Å². The smallest absolute Gasteiger partial charge is 0.258 e. The van der Waals surface area contributed by atoms with Crippen LogP contribution in [0, 0.1) is 40.5 Å². The van der Waals surface area contributed by atoms with Gasteiger partial charge in [-0.1, -0.05) is 12.1 Å². The van der Waals surface area contributed by atoms with Crippen LogP contribution in [-0.2, 0) is 0 Å². The van der Waals surface area contributed by atoms with Crippen molar-refractivity contribution >= 4 is 34.4 Å². The number of para-hydroxylation sites is 1. The zero-order chi connectivity index (χ0) is 23.2. The van der Waals surface area contributed by atoms with Crippen LogP contribution in [0.4, 0.5) is 22.7 Å². The van der Waals surface area contributed by atoms with Crippen molar-refractivity contribution in [2.75, 3.05) is 0 Å². The van der Waals surface area contributed by atoms with Crippen LogP contribution in [0.5, 0.6) is 0 Å². The van der Waals surface area contributed by atoms with E-state index in [1.807, 2.05) is 0 Å². The molecule has 3 aromatic carbocycles. The molecular weight excluding hydrogens is 424 g/mol. The highest BCUT2D eigenvalue weighted by Gasteiger charge is 2.35. The summed E-state index contributed by atoms with van der Waals surface area (Å²) < 4.78 is 0. The summed E-state index contributed by atoms with van der Waals surface area (Å²) in [6, 6.07) is 11.3. The predicted molar refractivity (Wildman–Crippen MR) is 112 cm³/mol. The molecule has 1 aliphatic carbocycles. The number of non-ortho nitro benzene ring substituents is 2. The Morgan fingerprint density at radius 2 is 1.22 bits per heavy atom.